The first-order valence-corrected chi connectivity index (χ1v) is 8.40. The molecule has 0 aliphatic carbocycles. The second kappa shape index (κ2) is 7.08. The topological polar surface area (TPSA) is 37.6 Å². The summed E-state index contributed by atoms with van der Waals surface area (Å²) in [5.74, 6) is 0. The fourth-order valence-corrected chi connectivity index (χ4v) is 3.57. The highest BCUT2D eigenvalue weighted by molar-refractivity contribution is 7.16. The molecule has 0 unspecified atom stereocenters. The molecule has 0 atom stereocenters. The van der Waals surface area contributed by atoms with Crippen molar-refractivity contribution in [2.45, 2.75) is 13.1 Å². The third kappa shape index (κ3) is 3.88. The van der Waals surface area contributed by atoms with Crippen molar-refractivity contribution in [2.24, 2.45) is 0 Å². The predicted molar refractivity (Wildman–Crippen MR) is 95.1 cm³/mol. The van der Waals surface area contributed by atoms with Crippen LogP contribution in [0.1, 0.15) is 10.6 Å². The second-order valence-corrected chi connectivity index (χ2v) is 6.98. The van der Waals surface area contributed by atoms with E-state index in [4.69, 9.17) is 11.6 Å². The highest BCUT2D eigenvalue weighted by Crippen LogP contribution is 2.23. The maximum absolute atomic E-state index is 12.2. The zero-order valence-corrected chi connectivity index (χ0v) is 14.1. The molecule has 3 rings (SSSR count). The fraction of sp³-hybridized carbons (Fsp3) is 0.176. The van der Waals surface area contributed by atoms with Crippen LogP contribution in [0.3, 0.4) is 0 Å². The van der Waals surface area contributed by atoms with Gasteiger partial charge >= 0.3 is 0 Å². The number of nitrogens with zero attached hydrogens (tertiary/aromatic N) is 3. The maximum atomic E-state index is 12.2. The lowest BCUT2D eigenvalue weighted by Crippen LogP contribution is -2.25. The number of aromatic nitrogens is 2. The summed E-state index contributed by atoms with van der Waals surface area (Å²) in [5.41, 5.74) is 1.35. The lowest BCUT2D eigenvalue weighted by Gasteiger charge is -2.19. The summed E-state index contributed by atoms with van der Waals surface area (Å²) >= 11 is 7.55. The number of hydrogen-bond donors (Lipinski definition) is 0. The van der Waals surface area contributed by atoms with Gasteiger partial charge in [-0.25, -0.2) is 4.98 Å². The van der Waals surface area contributed by atoms with Crippen molar-refractivity contribution in [3.8, 4) is 0 Å². The van der Waals surface area contributed by atoms with E-state index in [1.165, 1.54) is 4.88 Å². The molecular formula is C17H16ClN3OS. The van der Waals surface area contributed by atoms with Crippen molar-refractivity contribution in [1.29, 1.82) is 0 Å². The Bertz CT molecular complexity index is 887. The van der Waals surface area contributed by atoms with Crippen molar-refractivity contribution in [1.82, 2.24) is 14.3 Å². The maximum Gasteiger partial charge on any atom is 0.258 e. The molecule has 3 aromatic rings. The Morgan fingerprint density at radius 1 is 1.30 bits per heavy atom. The summed E-state index contributed by atoms with van der Waals surface area (Å²) in [7, 11) is 0. The molecular weight excluding hydrogens is 330 g/mol. The molecule has 0 aliphatic rings. The van der Waals surface area contributed by atoms with Gasteiger partial charge < -0.3 is 0 Å². The summed E-state index contributed by atoms with van der Waals surface area (Å²) in [6.45, 7) is 5.85. The summed E-state index contributed by atoms with van der Waals surface area (Å²) in [6.07, 6.45) is 3.58. The molecule has 0 amide bonds. The predicted octanol–water partition coefficient (Wildman–Crippen LogP) is 3.60. The van der Waals surface area contributed by atoms with E-state index in [0.717, 1.165) is 16.6 Å². The third-order valence-corrected chi connectivity index (χ3v) is 4.62. The van der Waals surface area contributed by atoms with E-state index in [0.29, 0.717) is 18.7 Å². The van der Waals surface area contributed by atoms with Gasteiger partial charge in [-0.1, -0.05) is 23.7 Å². The molecule has 0 aliphatic heterocycles. The van der Waals surface area contributed by atoms with Gasteiger partial charge in [0, 0.05) is 36.8 Å². The highest BCUT2D eigenvalue weighted by atomic mass is 35.5. The van der Waals surface area contributed by atoms with E-state index in [-0.39, 0.29) is 5.56 Å². The first-order valence-electron chi connectivity index (χ1n) is 7.20. The van der Waals surface area contributed by atoms with Crippen molar-refractivity contribution in [3.05, 3.63) is 80.5 Å². The molecule has 23 heavy (non-hydrogen) atoms. The molecule has 0 saturated carbocycles. The third-order valence-electron chi connectivity index (χ3n) is 3.41. The lowest BCUT2D eigenvalue weighted by molar-refractivity contribution is 0.285. The van der Waals surface area contributed by atoms with Crippen LogP contribution in [0, 0.1) is 0 Å². The standard InChI is InChI=1S/C17H16ClN3OS/c1-2-8-20(12-14-6-7-15(18)23-14)11-13-10-17(22)21-9-4-3-5-16(21)19-13/h2-7,9-10H,1,8,11-12H2. The first-order chi connectivity index (χ1) is 11.2. The normalized spacial score (nSPS) is 11.2. The van der Waals surface area contributed by atoms with Gasteiger partial charge in [-0.15, -0.1) is 17.9 Å². The molecule has 118 valence electrons. The van der Waals surface area contributed by atoms with Crippen molar-refractivity contribution >= 4 is 28.6 Å². The summed E-state index contributed by atoms with van der Waals surface area (Å²) < 4.78 is 2.32. The Labute approximate surface area is 143 Å². The number of thiophene rings is 1. The molecule has 4 nitrogen and oxygen atoms in total. The van der Waals surface area contributed by atoms with E-state index < -0.39 is 0 Å². The lowest BCUT2D eigenvalue weighted by atomic mass is 10.3. The highest BCUT2D eigenvalue weighted by Gasteiger charge is 2.10. The first kappa shape index (κ1) is 15.9. The van der Waals surface area contributed by atoms with Gasteiger partial charge in [0.2, 0.25) is 0 Å². The minimum Gasteiger partial charge on any atom is -0.289 e. The van der Waals surface area contributed by atoms with Crippen molar-refractivity contribution < 1.29 is 0 Å². The molecule has 3 aromatic heterocycles. The summed E-state index contributed by atoms with van der Waals surface area (Å²) in [4.78, 5) is 20.1. The van der Waals surface area contributed by atoms with E-state index in [2.05, 4.69) is 16.5 Å². The number of pyridine rings is 1. The SMILES string of the molecule is C=CCN(Cc1cc(=O)n2ccccc2n1)Cc1ccc(Cl)s1. The number of halogens is 1. The average molecular weight is 346 g/mol. The van der Waals surface area contributed by atoms with Gasteiger partial charge in [0.25, 0.3) is 5.56 Å². The quantitative estimate of drug-likeness (QED) is 0.641. The van der Waals surface area contributed by atoms with E-state index in [1.807, 2.05) is 36.4 Å². The van der Waals surface area contributed by atoms with Crippen molar-refractivity contribution in [2.75, 3.05) is 6.54 Å². The van der Waals surface area contributed by atoms with E-state index in [1.54, 1.807) is 28.0 Å². The smallest absolute Gasteiger partial charge is 0.258 e. The number of hydrogen-bond acceptors (Lipinski definition) is 4. The van der Waals surface area contributed by atoms with Crippen LogP contribution in [0.15, 0.2) is 60.0 Å². The Morgan fingerprint density at radius 2 is 2.17 bits per heavy atom. The zero-order valence-electron chi connectivity index (χ0n) is 12.5. The van der Waals surface area contributed by atoms with Crippen LogP contribution in [0.2, 0.25) is 4.34 Å². The minimum atomic E-state index is -0.0664. The molecule has 6 heteroatoms. The molecule has 0 spiro atoms. The Hall–Kier alpha value is -1.95. The van der Waals surface area contributed by atoms with Crippen LogP contribution in [0.5, 0.6) is 0 Å². The fourth-order valence-electron chi connectivity index (χ4n) is 2.44. The molecule has 0 saturated heterocycles. The van der Waals surface area contributed by atoms with Gasteiger partial charge in [-0.2, -0.15) is 0 Å². The summed E-state index contributed by atoms with van der Waals surface area (Å²) in [6, 6.07) is 11.0. The largest absolute Gasteiger partial charge is 0.289 e. The molecule has 0 bridgehead atoms. The second-order valence-electron chi connectivity index (χ2n) is 5.18. The Balaban J connectivity index is 1.84. The molecule has 0 N–H and O–H groups in total. The van der Waals surface area contributed by atoms with Gasteiger partial charge in [-0.05, 0) is 24.3 Å². The van der Waals surface area contributed by atoms with Crippen molar-refractivity contribution in [3.63, 3.8) is 0 Å². The molecule has 0 radical (unpaired) electrons. The molecule has 0 aromatic carbocycles. The zero-order chi connectivity index (χ0) is 16.2. The average Bonchev–Trinajstić information content (AvgIpc) is 2.93. The van der Waals surface area contributed by atoms with Crippen LogP contribution in [0.25, 0.3) is 5.65 Å². The van der Waals surface area contributed by atoms with Gasteiger partial charge in [0.1, 0.15) is 5.65 Å². The Kier molecular flexibility index (Phi) is 4.91. The number of rotatable bonds is 6. The van der Waals surface area contributed by atoms with Crippen LogP contribution in [0.4, 0.5) is 0 Å². The van der Waals surface area contributed by atoms with Crippen LogP contribution < -0.4 is 5.56 Å². The minimum absolute atomic E-state index is 0.0664. The van der Waals surface area contributed by atoms with Crippen LogP contribution in [-0.4, -0.2) is 20.8 Å². The van der Waals surface area contributed by atoms with Gasteiger partial charge in [0.05, 0.1) is 10.0 Å². The van der Waals surface area contributed by atoms with Gasteiger partial charge in [-0.3, -0.25) is 14.1 Å². The van der Waals surface area contributed by atoms with E-state index >= 15 is 0 Å². The molecule has 3 heterocycles. The summed E-state index contributed by atoms with van der Waals surface area (Å²) in [5, 5.41) is 0. The monoisotopic (exact) mass is 345 g/mol. The van der Waals surface area contributed by atoms with Crippen LogP contribution in [-0.2, 0) is 13.1 Å². The van der Waals surface area contributed by atoms with Gasteiger partial charge in [0.15, 0.2) is 0 Å². The molecule has 0 fully saturated rings. The van der Waals surface area contributed by atoms with E-state index in [9.17, 15) is 4.79 Å². The Morgan fingerprint density at radius 3 is 2.91 bits per heavy atom. The number of fused-ring (bicyclic) bond motifs is 1. The van der Waals surface area contributed by atoms with Crippen LogP contribution >= 0.6 is 22.9 Å².